The number of anilines is 1. The standard InChI is InChI=1S/C12H9Cl2N3O2/c1-19-10-8(14)4-3-7(13)9(10)11(18)17-12-15-5-2-6-16-12/h2-6H,1H3,(H,15,16,17,18). The van der Waals surface area contributed by atoms with Gasteiger partial charge in [-0.05, 0) is 18.2 Å². The molecule has 19 heavy (non-hydrogen) atoms. The lowest BCUT2D eigenvalue weighted by molar-refractivity contribution is 0.102. The van der Waals surface area contributed by atoms with Crippen molar-refractivity contribution in [1.29, 1.82) is 0 Å². The molecule has 0 aliphatic heterocycles. The van der Waals surface area contributed by atoms with Crippen molar-refractivity contribution in [1.82, 2.24) is 9.97 Å². The van der Waals surface area contributed by atoms with E-state index in [4.69, 9.17) is 27.9 Å². The third-order valence-corrected chi connectivity index (χ3v) is 2.89. The summed E-state index contributed by atoms with van der Waals surface area (Å²) in [6.45, 7) is 0. The van der Waals surface area contributed by atoms with Crippen LogP contribution in [0.5, 0.6) is 5.75 Å². The molecule has 0 unspecified atom stereocenters. The molecule has 1 amide bonds. The van der Waals surface area contributed by atoms with Crippen LogP contribution >= 0.6 is 23.2 Å². The molecule has 0 saturated carbocycles. The molecule has 5 nitrogen and oxygen atoms in total. The molecule has 0 spiro atoms. The van der Waals surface area contributed by atoms with Gasteiger partial charge in [0.05, 0.1) is 17.2 Å². The van der Waals surface area contributed by atoms with E-state index in [1.807, 2.05) is 0 Å². The molecule has 0 radical (unpaired) electrons. The highest BCUT2D eigenvalue weighted by atomic mass is 35.5. The molecule has 1 heterocycles. The van der Waals surface area contributed by atoms with Crippen molar-refractivity contribution < 1.29 is 9.53 Å². The Morgan fingerprint density at radius 3 is 2.47 bits per heavy atom. The molecule has 0 fully saturated rings. The highest BCUT2D eigenvalue weighted by Crippen LogP contribution is 2.34. The number of rotatable bonds is 3. The van der Waals surface area contributed by atoms with E-state index in [1.165, 1.54) is 25.6 Å². The van der Waals surface area contributed by atoms with E-state index in [2.05, 4.69) is 15.3 Å². The summed E-state index contributed by atoms with van der Waals surface area (Å²) in [6, 6.07) is 4.72. The van der Waals surface area contributed by atoms with E-state index in [9.17, 15) is 4.79 Å². The summed E-state index contributed by atoms with van der Waals surface area (Å²) in [4.78, 5) is 19.9. The quantitative estimate of drug-likeness (QED) is 0.946. The fourth-order valence-corrected chi connectivity index (χ4v) is 1.94. The van der Waals surface area contributed by atoms with E-state index in [-0.39, 0.29) is 22.3 Å². The van der Waals surface area contributed by atoms with Gasteiger partial charge in [-0.15, -0.1) is 0 Å². The van der Waals surface area contributed by atoms with Crippen LogP contribution in [-0.2, 0) is 0 Å². The number of halogens is 2. The number of methoxy groups -OCH3 is 1. The molecule has 0 aliphatic rings. The second kappa shape index (κ2) is 5.86. The van der Waals surface area contributed by atoms with Gasteiger partial charge >= 0.3 is 0 Å². The third kappa shape index (κ3) is 2.94. The highest BCUT2D eigenvalue weighted by molar-refractivity contribution is 6.37. The van der Waals surface area contributed by atoms with Gasteiger partial charge in [-0.1, -0.05) is 23.2 Å². The van der Waals surface area contributed by atoms with Crippen LogP contribution in [0.15, 0.2) is 30.6 Å². The first-order chi connectivity index (χ1) is 9.13. The molecule has 7 heteroatoms. The number of hydrogen-bond donors (Lipinski definition) is 1. The Labute approximate surface area is 119 Å². The van der Waals surface area contributed by atoms with Crippen molar-refractivity contribution >= 4 is 35.1 Å². The van der Waals surface area contributed by atoms with Crippen LogP contribution in [0.1, 0.15) is 10.4 Å². The Kier molecular flexibility index (Phi) is 4.19. The molecule has 98 valence electrons. The lowest BCUT2D eigenvalue weighted by Crippen LogP contribution is -2.15. The summed E-state index contributed by atoms with van der Waals surface area (Å²) in [7, 11) is 1.41. The normalized spacial score (nSPS) is 10.1. The molecule has 0 aliphatic carbocycles. The summed E-state index contributed by atoms with van der Waals surface area (Å²) in [5.41, 5.74) is 0.143. The average Bonchev–Trinajstić information content (AvgIpc) is 2.42. The first-order valence-corrected chi connectivity index (χ1v) is 5.99. The van der Waals surface area contributed by atoms with E-state index < -0.39 is 5.91 Å². The summed E-state index contributed by atoms with van der Waals surface area (Å²) in [5.74, 6) is -0.108. The first kappa shape index (κ1) is 13.6. The fourth-order valence-electron chi connectivity index (χ4n) is 1.47. The van der Waals surface area contributed by atoms with Gasteiger partial charge in [-0.2, -0.15) is 0 Å². The lowest BCUT2D eigenvalue weighted by Gasteiger charge is -2.11. The zero-order valence-electron chi connectivity index (χ0n) is 9.85. The van der Waals surface area contributed by atoms with Crippen molar-refractivity contribution in [3.63, 3.8) is 0 Å². The fraction of sp³-hybridized carbons (Fsp3) is 0.0833. The molecule has 0 saturated heterocycles. The van der Waals surface area contributed by atoms with Gasteiger partial charge in [0.2, 0.25) is 5.95 Å². The van der Waals surface area contributed by atoms with Crippen LogP contribution in [-0.4, -0.2) is 23.0 Å². The summed E-state index contributed by atoms with van der Waals surface area (Å²) < 4.78 is 5.10. The van der Waals surface area contributed by atoms with E-state index >= 15 is 0 Å². The largest absolute Gasteiger partial charge is 0.494 e. The maximum atomic E-state index is 12.2. The van der Waals surface area contributed by atoms with Crippen LogP contribution in [0.2, 0.25) is 10.0 Å². The maximum Gasteiger partial charge on any atom is 0.263 e. The zero-order chi connectivity index (χ0) is 13.8. The Bertz CT molecular complexity index is 605. The topological polar surface area (TPSA) is 64.1 Å². The molecule has 0 atom stereocenters. The third-order valence-electron chi connectivity index (χ3n) is 2.28. The summed E-state index contributed by atoms with van der Waals surface area (Å²) in [5, 5.41) is 3.05. The minimum atomic E-state index is -0.490. The minimum Gasteiger partial charge on any atom is -0.494 e. The van der Waals surface area contributed by atoms with E-state index in [0.29, 0.717) is 5.02 Å². The molecule has 2 aromatic rings. The van der Waals surface area contributed by atoms with Crippen molar-refractivity contribution in [2.45, 2.75) is 0 Å². The monoisotopic (exact) mass is 297 g/mol. The predicted octanol–water partition coefficient (Wildman–Crippen LogP) is 3.04. The maximum absolute atomic E-state index is 12.2. The Morgan fingerprint density at radius 1 is 1.21 bits per heavy atom. The predicted molar refractivity (Wildman–Crippen MR) is 73.0 cm³/mol. The van der Waals surface area contributed by atoms with E-state index in [1.54, 1.807) is 12.1 Å². The van der Waals surface area contributed by atoms with Gasteiger partial charge in [-0.3, -0.25) is 10.1 Å². The number of amides is 1. The van der Waals surface area contributed by atoms with Crippen molar-refractivity contribution in [2.24, 2.45) is 0 Å². The summed E-state index contributed by atoms with van der Waals surface area (Å²) >= 11 is 12.0. The number of hydrogen-bond acceptors (Lipinski definition) is 4. The number of ether oxygens (including phenoxy) is 1. The Morgan fingerprint density at radius 2 is 1.84 bits per heavy atom. The molecule has 1 aromatic carbocycles. The van der Waals surface area contributed by atoms with Crippen molar-refractivity contribution in [3.05, 3.63) is 46.2 Å². The number of carbonyl (C=O) groups excluding carboxylic acids is 1. The van der Waals surface area contributed by atoms with Crippen molar-refractivity contribution in [2.75, 3.05) is 12.4 Å². The average molecular weight is 298 g/mol. The van der Waals surface area contributed by atoms with Gasteiger partial charge in [0, 0.05) is 12.4 Å². The van der Waals surface area contributed by atoms with Crippen LogP contribution in [0.25, 0.3) is 0 Å². The Balaban J connectivity index is 2.36. The lowest BCUT2D eigenvalue weighted by atomic mass is 10.2. The molecule has 0 bridgehead atoms. The van der Waals surface area contributed by atoms with Gasteiger partial charge < -0.3 is 4.74 Å². The number of aromatic nitrogens is 2. The molecular weight excluding hydrogens is 289 g/mol. The SMILES string of the molecule is COc1c(Cl)ccc(Cl)c1C(=O)Nc1ncccn1. The second-order valence-corrected chi connectivity index (χ2v) is 4.28. The van der Waals surface area contributed by atoms with Crippen LogP contribution in [0, 0.1) is 0 Å². The molecular formula is C12H9Cl2N3O2. The van der Waals surface area contributed by atoms with E-state index in [0.717, 1.165) is 0 Å². The van der Waals surface area contributed by atoms with Gasteiger partial charge in [0.15, 0.2) is 5.75 Å². The van der Waals surface area contributed by atoms with Crippen LogP contribution in [0.4, 0.5) is 5.95 Å². The Hall–Kier alpha value is -1.85. The zero-order valence-corrected chi connectivity index (χ0v) is 11.4. The summed E-state index contributed by atoms with van der Waals surface area (Å²) in [6.07, 6.45) is 3.03. The number of nitrogens with one attached hydrogen (secondary N) is 1. The van der Waals surface area contributed by atoms with Gasteiger partial charge in [0.1, 0.15) is 5.56 Å². The van der Waals surface area contributed by atoms with Crippen molar-refractivity contribution in [3.8, 4) is 5.75 Å². The molecule has 2 rings (SSSR count). The number of nitrogens with zero attached hydrogens (tertiary/aromatic N) is 2. The minimum absolute atomic E-state index is 0.143. The number of benzene rings is 1. The van der Waals surface area contributed by atoms with Crippen LogP contribution in [0.3, 0.4) is 0 Å². The number of carbonyl (C=O) groups is 1. The van der Waals surface area contributed by atoms with Gasteiger partial charge in [-0.25, -0.2) is 9.97 Å². The smallest absolute Gasteiger partial charge is 0.263 e. The molecule has 1 aromatic heterocycles. The highest BCUT2D eigenvalue weighted by Gasteiger charge is 2.20. The van der Waals surface area contributed by atoms with Gasteiger partial charge in [0.25, 0.3) is 5.91 Å². The first-order valence-electron chi connectivity index (χ1n) is 5.24. The molecule has 1 N–H and O–H groups in total. The van der Waals surface area contributed by atoms with Crippen LogP contribution < -0.4 is 10.1 Å². The second-order valence-electron chi connectivity index (χ2n) is 3.46.